The zero-order valence-electron chi connectivity index (χ0n) is 22.9. The maximum absolute atomic E-state index is 5.44. The summed E-state index contributed by atoms with van der Waals surface area (Å²) >= 11 is -0.346. The number of piperidine rings is 1. The number of hydrogen-bond donors (Lipinski definition) is 2. The van der Waals surface area contributed by atoms with Gasteiger partial charge in [0.05, 0.1) is 0 Å². The van der Waals surface area contributed by atoms with Gasteiger partial charge in [0.15, 0.2) is 0 Å². The first-order chi connectivity index (χ1) is 19.8. The minimum absolute atomic E-state index is 0.309. The molecule has 3 N–H and O–H groups in total. The minimum Gasteiger partial charge on any atom is -0.0622 e. The summed E-state index contributed by atoms with van der Waals surface area (Å²) in [6.07, 6.45) is 7.68. The monoisotopic (exact) mass is 698 g/mol. The minimum atomic E-state index is -0.346. The molecule has 5 rings (SSSR count). The van der Waals surface area contributed by atoms with Crippen LogP contribution in [0.15, 0.2) is 121 Å². The van der Waals surface area contributed by atoms with Crippen LogP contribution in [-0.2, 0) is 15.1 Å². The van der Waals surface area contributed by atoms with Crippen molar-refractivity contribution in [3.63, 3.8) is 0 Å². The quantitative estimate of drug-likeness (QED) is 0.145. The summed E-state index contributed by atoms with van der Waals surface area (Å²) in [7, 11) is 9.09. The van der Waals surface area contributed by atoms with E-state index in [1.54, 1.807) is 0 Å². The van der Waals surface area contributed by atoms with Crippen LogP contribution in [0.5, 0.6) is 0 Å². The van der Waals surface area contributed by atoms with Crippen LogP contribution in [0, 0.1) is 0 Å². The normalized spacial score (nSPS) is 14.7. The van der Waals surface area contributed by atoms with Crippen molar-refractivity contribution in [3.8, 4) is 0 Å². The summed E-state index contributed by atoms with van der Waals surface area (Å²) in [6.45, 7) is 1.97. The number of nitrogens with two attached hydrogens (primary N) is 1. The van der Waals surface area contributed by atoms with Gasteiger partial charge >= 0.3 is 34.5 Å². The van der Waals surface area contributed by atoms with Crippen molar-refractivity contribution in [1.29, 1.82) is 0 Å². The molecule has 2 nitrogen and oxygen atoms in total. The van der Waals surface area contributed by atoms with Crippen LogP contribution in [-0.4, -0.2) is 31.5 Å². The van der Waals surface area contributed by atoms with E-state index in [9.17, 15) is 0 Å². The van der Waals surface area contributed by atoms with Crippen molar-refractivity contribution in [2.45, 2.75) is 31.7 Å². The SMILES string of the molecule is NCC1CCCCN1.[Cl][Ru][Cl].c1ccc(P(CCCP(c2ccccc2)c2ccccc2)c2ccccc2)cc1. The number of hydrogen-bond acceptors (Lipinski definition) is 2. The molecular formula is C33H40Cl2N2P2Ru. The first-order valence-corrected chi connectivity index (χ1v) is 21.3. The summed E-state index contributed by atoms with van der Waals surface area (Å²) in [5, 5.41) is 9.28. The molecule has 1 fully saturated rings. The van der Waals surface area contributed by atoms with Crippen LogP contribution in [0.25, 0.3) is 0 Å². The summed E-state index contributed by atoms with van der Waals surface area (Å²) in [4.78, 5) is 0. The summed E-state index contributed by atoms with van der Waals surface area (Å²) in [6, 6.07) is 44.9. The van der Waals surface area contributed by atoms with Gasteiger partial charge in [0.1, 0.15) is 0 Å². The van der Waals surface area contributed by atoms with Gasteiger partial charge in [0.2, 0.25) is 0 Å². The molecule has 214 valence electrons. The van der Waals surface area contributed by atoms with Crippen LogP contribution < -0.4 is 32.3 Å². The molecule has 0 amide bonds. The predicted octanol–water partition coefficient (Wildman–Crippen LogP) is 7.11. The molecule has 1 aliphatic heterocycles. The van der Waals surface area contributed by atoms with Crippen molar-refractivity contribution in [1.82, 2.24) is 5.32 Å². The van der Waals surface area contributed by atoms with Gasteiger partial charge in [-0.25, -0.2) is 0 Å². The third kappa shape index (κ3) is 12.0. The standard InChI is InChI=1S/C27H26P2.C6H14N2.2ClH.Ru/c1-5-14-24(15-6-1)28(25-16-7-2-8-17-25)22-13-23-29(26-18-9-3-10-19-26)27-20-11-4-12-21-27;7-5-6-3-1-2-4-8-6;;;/h1-12,14-21H,13,22-23H2;6,8H,1-5,7H2;2*1H;/q;;;;+2/p-2. The third-order valence-electron chi connectivity index (χ3n) is 6.73. The van der Waals surface area contributed by atoms with Gasteiger partial charge in [-0.3, -0.25) is 0 Å². The van der Waals surface area contributed by atoms with E-state index in [-0.39, 0.29) is 31.0 Å². The van der Waals surface area contributed by atoms with Gasteiger partial charge in [-0.1, -0.05) is 128 Å². The Morgan fingerprint density at radius 2 is 0.975 bits per heavy atom. The van der Waals surface area contributed by atoms with E-state index in [1.165, 1.54) is 65.8 Å². The first-order valence-electron chi connectivity index (χ1n) is 13.8. The Hall–Kier alpha value is -1.14. The largest absolute Gasteiger partial charge is 0.0622 e. The van der Waals surface area contributed by atoms with Gasteiger partial charge < -0.3 is 11.1 Å². The first kappa shape index (κ1) is 33.4. The van der Waals surface area contributed by atoms with Gasteiger partial charge in [-0.05, 0) is 75.2 Å². The zero-order chi connectivity index (χ0) is 28.3. The van der Waals surface area contributed by atoms with E-state index < -0.39 is 0 Å². The molecule has 1 unspecified atom stereocenters. The molecule has 4 aromatic rings. The Labute approximate surface area is 259 Å². The van der Waals surface area contributed by atoms with Crippen molar-refractivity contribution in [2.75, 3.05) is 25.4 Å². The fourth-order valence-corrected chi connectivity index (χ4v) is 9.71. The maximum Gasteiger partial charge on any atom is -0.0195 e. The Bertz CT molecular complexity index is 990. The van der Waals surface area contributed by atoms with Gasteiger partial charge in [0, 0.05) is 12.6 Å². The molecule has 1 aliphatic rings. The fourth-order valence-electron chi connectivity index (χ4n) is 4.76. The molecule has 0 spiro atoms. The second kappa shape index (κ2) is 20.7. The molecule has 1 heterocycles. The fraction of sp³-hybridized carbons (Fsp3) is 0.273. The molecule has 0 aliphatic carbocycles. The molecule has 1 saturated heterocycles. The molecular weight excluding hydrogens is 658 g/mol. The number of nitrogens with one attached hydrogen (secondary N) is 1. The van der Waals surface area contributed by atoms with E-state index in [4.69, 9.17) is 25.1 Å². The molecule has 0 saturated carbocycles. The molecule has 0 aromatic heterocycles. The number of benzene rings is 4. The third-order valence-corrected chi connectivity index (χ3v) is 11.9. The maximum atomic E-state index is 5.44. The van der Waals surface area contributed by atoms with Crippen molar-refractivity contribution in [2.24, 2.45) is 5.73 Å². The van der Waals surface area contributed by atoms with Gasteiger partial charge in [-0.2, -0.15) is 0 Å². The molecule has 40 heavy (non-hydrogen) atoms. The molecule has 1 atom stereocenters. The topological polar surface area (TPSA) is 38.0 Å². The van der Waals surface area contributed by atoms with E-state index in [1.807, 2.05) is 0 Å². The smallest absolute Gasteiger partial charge is 0.0195 e. The van der Waals surface area contributed by atoms with E-state index in [2.05, 4.69) is 127 Å². The van der Waals surface area contributed by atoms with Crippen molar-refractivity contribution in [3.05, 3.63) is 121 Å². The number of halogens is 2. The zero-order valence-corrected chi connectivity index (χ0v) is 27.9. The van der Waals surface area contributed by atoms with Crippen LogP contribution in [0.2, 0.25) is 0 Å². The van der Waals surface area contributed by atoms with Crippen molar-refractivity contribution < 1.29 is 15.1 Å². The van der Waals surface area contributed by atoms with Gasteiger partial charge in [0.25, 0.3) is 0 Å². The second-order valence-electron chi connectivity index (χ2n) is 9.43. The Morgan fingerprint density at radius 3 is 1.23 bits per heavy atom. The number of rotatable bonds is 9. The molecule has 7 heteroatoms. The summed E-state index contributed by atoms with van der Waals surface area (Å²) in [5.41, 5.74) is 5.44. The predicted molar refractivity (Wildman–Crippen MR) is 179 cm³/mol. The van der Waals surface area contributed by atoms with E-state index >= 15 is 0 Å². The van der Waals surface area contributed by atoms with Crippen LogP contribution in [0.4, 0.5) is 0 Å². The van der Waals surface area contributed by atoms with Crippen molar-refractivity contribution >= 4 is 56.4 Å². The second-order valence-corrected chi connectivity index (χ2v) is 16.7. The van der Waals surface area contributed by atoms with E-state index in [0.29, 0.717) is 6.04 Å². The summed E-state index contributed by atoms with van der Waals surface area (Å²) < 4.78 is 0. The van der Waals surface area contributed by atoms with E-state index in [0.717, 1.165) is 6.54 Å². The Balaban J connectivity index is 0.000000337. The van der Waals surface area contributed by atoms with Crippen LogP contribution >= 0.6 is 35.2 Å². The average molecular weight is 699 g/mol. The molecule has 0 bridgehead atoms. The summed E-state index contributed by atoms with van der Waals surface area (Å²) in [5.74, 6) is 0. The molecule has 4 aromatic carbocycles. The van der Waals surface area contributed by atoms with Crippen LogP contribution in [0.3, 0.4) is 0 Å². The Morgan fingerprint density at radius 1 is 0.625 bits per heavy atom. The molecule has 0 radical (unpaired) electrons. The Kier molecular flexibility index (Phi) is 17.3. The van der Waals surface area contributed by atoms with Gasteiger partial charge in [-0.15, -0.1) is 0 Å². The average Bonchev–Trinajstić information content (AvgIpc) is 3.04. The van der Waals surface area contributed by atoms with Crippen LogP contribution in [0.1, 0.15) is 25.7 Å².